The lowest BCUT2D eigenvalue weighted by atomic mass is 9.39. The zero-order chi connectivity index (χ0) is 32.7. The predicted octanol–water partition coefficient (Wildman–Crippen LogP) is 5.81. The molecule has 236 valence electrons. The average molecular weight is 603 g/mol. The second-order valence-corrected chi connectivity index (χ2v) is 15.8. The molecule has 2 fully saturated rings. The van der Waals surface area contributed by atoms with Crippen LogP contribution in [-0.4, -0.2) is 44.7 Å². The number of aryl methyl sites for hydroxylation is 1. The number of carbonyl (C=O) groups is 5. The van der Waals surface area contributed by atoms with Crippen LogP contribution < -0.4 is 0 Å². The van der Waals surface area contributed by atoms with Crippen LogP contribution in [0.15, 0.2) is 24.3 Å². The third-order valence-electron chi connectivity index (χ3n) is 10.9. The van der Waals surface area contributed by atoms with E-state index < -0.39 is 63.1 Å². The summed E-state index contributed by atoms with van der Waals surface area (Å²) >= 11 is 0. The van der Waals surface area contributed by atoms with Crippen molar-refractivity contribution >= 4 is 34.5 Å². The number of benzene rings is 1. The van der Waals surface area contributed by atoms with Crippen LogP contribution in [0.2, 0.25) is 0 Å². The third kappa shape index (κ3) is 4.52. The smallest absolute Gasteiger partial charge is 0.190 e. The summed E-state index contributed by atoms with van der Waals surface area (Å²) in [5.74, 6) is -8.62. The summed E-state index contributed by atoms with van der Waals surface area (Å²) in [5.41, 5.74) is -2.01. The van der Waals surface area contributed by atoms with Crippen molar-refractivity contribution in [3.63, 3.8) is 0 Å². The zero-order valence-electron chi connectivity index (χ0n) is 27.3. The molecule has 4 aliphatic carbocycles. The van der Waals surface area contributed by atoms with Crippen molar-refractivity contribution in [1.82, 2.24) is 0 Å². The minimum absolute atomic E-state index is 0.0471. The summed E-state index contributed by atoms with van der Waals surface area (Å²) in [4.78, 5) is 69.4. The topological polar surface area (TPSA) is 126 Å². The van der Waals surface area contributed by atoms with Gasteiger partial charge in [-0.1, -0.05) is 66.7 Å². The molecule has 0 bridgehead atoms. The van der Waals surface area contributed by atoms with Gasteiger partial charge in [0, 0.05) is 11.3 Å². The largest absolute Gasteiger partial charge is 0.507 e. The maximum atomic E-state index is 14.6. The SMILES string of the molecule is CC(=O)C1C(=O)C(C(C)C)[C@@]2(C)C[C@@]3(C)Cc4c(C5=CCC=C5)cc(CCCC(C)(C)C)c(O)c4C(=O)C3C(=O)[C@@]2(O)C1=O. The Kier molecular flexibility index (Phi) is 7.64. The fourth-order valence-electron chi connectivity index (χ4n) is 9.17. The van der Waals surface area contributed by atoms with Gasteiger partial charge in [0.25, 0.3) is 0 Å². The van der Waals surface area contributed by atoms with Crippen LogP contribution in [0.25, 0.3) is 5.57 Å². The summed E-state index contributed by atoms with van der Waals surface area (Å²) in [6.07, 6.45) is 9.41. The first-order valence-corrected chi connectivity index (χ1v) is 15.9. The molecule has 1 aromatic rings. The van der Waals surface area contributed by atoms with E-state index in [0.717, 1.165) is 37.3 Å². The van der Waals surface area contributed by atoms with Gasteiger partial charge in [-0.15, -0.1) is 0 Å². The lowest BCUT2D eigenvalue weighted by molar-refractivity contribution is -0.205. The van der Waals surface area contributed by atoms with E-state index >= 15 is 0 Å². The Balaban J connectivity index is 1.70. The fraction of sp³-hybridized carbons (Fsp3) is 0.595. The third-order valence-corrected chi connectivity index (χ3v) is 10.9. The molecule has 3 unspecified atom stereocenters. The van der Waals surface area contributed by atoms with Crippen LogP contribution >= 0.6 is 0 Å². The number of Topliss-reactive ketones (excluding diaryl/α,β-unsaturated/α-hetero) is 5. The van der Waals surface area contributed by atoms with Crippen LogP contribution in [0.4, 0.5) is 0 Å². The number of ketones is 5. The van der Waals surface area contributed by atoms with Crippen LogP contribution in [0.5, 0.6) is 5.75 Å². The van der Waals surface area contributed by atoms with E-state index in [2.05, 4.69) is 26.8 Å². The number of carbonyl (C=O) groups excluding carboxylic acids is 5. The summed E-state index contributed by atoms with van der Waals surface area (Å²) in [5, 5.41) is 23.9. The van der Waals surface area contributed by atoms with Gasteiger partial charge in [0.15, 0.2) is 28.7 Å². The molecule has 4 aliphatic rings. The Morgan fingerprint density at radius 1 is 1.09 bits per heavy atom. The van der Waals surface area contributed by atoms with Crippen molar-refractivity contribution in [2.75, 3.05) is 0 Å². The molecule has 0 aliphatic heterocycles. The van der Waals surface area contributed by atoms with Crippen LogP contribution in [0, 0.1) is 39.9 Å². The molecular weight excluding hydrogens is 556 g/mol. The molecule has 0 saturated heterocycles. The van der Waals surface area contributed by atoms with Crippen molar-refractivity contribution < 1.29 is 34.2 Å². The monoisotopic (exact) mass is 602 g/mol. The lowest BCUT2D eigenvalue weighted by Gasteiger charge is -2.62. The number of aliphatic hydroxyl groups is 1. The number of phenols is 1. The minimum Gasteiger partial charge on any atom is -0.507 e. The molecule has 2 N–H and O–H groups in total. The van der Waals surface area contributed by atoms with Crippen LogP contribution in [0.3, 0.4) is 0 Å². The number of hydrogen-bond acceptors (Lipinski definition) is 7. The molecule has 0 aromatic heterocycles. The van der Waals surface area contributed by atoms with Gasteiger partial charge in [0.05, 0.1) is 11.5 Å². The minimum atomic E-state index is -2.69. The second-order valence-electron chi connectivity index (χ2n) is 15.8. The molecule has 0 heterocycles. The molecule has 1 aromatic carbocycles. The quantitative estimate of drug-likeness (QED) is 0.394. The molecule has 5 rings (SSSR count). The maximum Gasteiger partial charge on any atom is 0.190 e. The molecule has 2 saturated carbocycles. The van der Waals surface area contributed by atoms with Crippen molar-refractivity contribution in [2.24, 2.45) is 39.9 Å². The highest BCUT2D eigenvalue weighted by Gasteiger charge is 2.76. The van der Waals surface area contributed by atoms with Gasteiger partial charge >= 0.3 is 0 Å². The van der Waals surface area contributed by atoms with Gasteiger partial charge in [-0.3, -0.25) is 24.0 Å². The van der Waals surface area contributed by atoms with E-state index in [9.17, 15) is 34.2 Å². The Morgan fingerprint density at radius 3 is 2.30 bits per heavy atom. The summed E-state index contributed by atoms with van der Waals surface area (Å²) in [6.45, 7) is 14.6. The van der Waals surface area contributed by atoms with Crippen molar-refractivity contribution in [3.8, 4) is 5.75 Å². The van der Waals surface area contributed by atoms with Crippen molar-refractivity contribution in [1.29, 1.82) is 0 Å². The van der Waals surface area contributed by atoms with E-state index in [1.165, 1.54) is 0 Å². The molecular formula is C37H46O7. The van der Waals surface area contributed by atoms with E-state index in [1.807, 2.05) is 25.1 Å². The second kappa shape index (κ2) is 10.4. The first-order valence-electron chi connectivity index (χ1n) is 15.9. The summed E-state index contributed by atoms with van der Waals surface area (Å²) < 4.78 is 0. The Morgan fingerprint density at radius 2 is 1.75 bits per heavy atom. The first-order chi connectivity index (χ1) is 20.3. The van der Waals surface area contributed by atoms with Gasteiger partial charge in [-0.05, 0) is 90.5 Å². The highest BCUT2D eigenvalue weighted by Crippen LogP contribution is 2.64. The number of allylic oxidation sites excluding steroid dienone is 4. The molecule has 7 heteroatoms. The summed E-state index contributed by atoms with van der Waals surface area (Å²) in [6, 6.07) is 1.97. The van der Waals surface area contributed by atoms with E-state index in [4.69, 9.17) is 0 Å². The fourth-order valence-corrected chi connectivity index (χ4v) is 9.17. The Hall–Kier alpha value is -3.19. The summed E-state index contributed by atoms with van der Waals surface area (Å²) in [7, 11) is 0. The Bertz CT molecular complexity index is 1550. The molecule has 7 nitrogen and oxygen atoms in total. The molecule has 44 heavy (non-hydrogen) atoms. The van der Waals surface area contributed by atoms with Gasteiger partial charge in [-0.2, -0.15) is 0 Å². The van der Waals surface area contributed by atoms with E-state index in [0.29, 0.717) is 17.5 Å². The van der Waals surface area contributed by atoms with Crippen LogP contribution in [-0.2, 0) is 32.0 Å². The molecule has 6 atom stereocenters. The average Bonchev–Trinajstić information content (AvgIpc) is 3.41. The highest BCUT2D eigenvalue weighted by atomic mass is 16.3. The standard InChI is InChI=1S/C37H46O7/c1-19(2)27-30(40)25(20(3)38)32(42)37(44)33(43)28-31(41)26-24(17-35(28,7)18-36(27,37)8)23(21-12-9-10-13-21)16-22(29(26)39)14-11-15-34(4,5)6/h9,12-13,16,19,25,27-28,39,44H,10-11,14-15,17-18H2,1-8H3/t25?,27?,28?,35-,36-,37+/m1/s1. The van der Waals surface area contributed by atoms with Crippen LogP contribution in [0.1, 0.15) is 108 Å². The van der Waals surface area contributed by atoms with Gasteiger partial charge in [0.1, 0.15) is 17.5 Å². The normalized spacial score (nSPS) is 33.3. The van der Waals surface area contributed by atoms with E-state index in [-0.39, 0.29) is 35.5 Å². The lowest BCUT2D eigenvalue weighted by Crippen LogP contribution is -2.76. The number of hydrogen-bond donors (Lipinski definition) is 2. The molecule has 0 spiro atoms. The van der Waals surface area contributed by atoms with Gasteiger partial charge < -0.3 is 10.2 Å². The zero-order valence-corrected chi connectivity index (χ0v) is 27.3. The van der Waals surface area contributed by atoms with Gasteiger partial charge in [0.2, 0.25) is 0 Å². The van der Waals surface area contributed by atoms with Crippen molar-refractivity contribution in [2.45, 2.75) is 99.5 Å². The number of fused-ring (bicyclic) bond motifs is 3. The molecule has 0 amide bonds. The highest BCUT2D eigenvalue weighted by molar-refractivity contribution is 6.32. The van der Waals surface area contributed by atoms with E-state index in [1.54, 1.807) is 20.8 Å². The number of aromatic hydroxyl groups is 1. The Labute approximate surface area is 260 Å². The predicted molar refractivity (Wildman–Crippen MR) is 167 cm³/mol. The number of phenolic OH excluding ortho intramolecular Hbond substituents is 1. The van der Waals surface area contributed by atoms with Crippen molar-refractivity contribution in [3.05, 3.63) is 46.5 Å². The van der Waals surface area contributed by atoms with Gasteiger partial charge in [-0.25, -0.2) is 0 Å². The first kappa shape index (κ1) is 32.2. The molecule has 0 radical (unpaired) electrons. The number of rotatable bonds is 6. The maximum absolute atomic E-state index is 14.6.